The van der Waals surface area contributed by atoms with Gasteiger partial charge < -0.3 is 0 Å². The number of aromatic nitrogens is 1. The van der Waals surface area contributed by atoms with E-state index >= 15 is 0 Å². The highest BCUT2D eigenvalue weighted by Gasteiger charge is 2.11. The maximum atomic E-state index is 4.71. The van der Waals surface area contributed by atoms with Gasteiger partial charge in [0.05, 0.1) is 5.69 Å². The van der Waals surface area contributed by atoms with E-state index in [2.05, 4.69) is 78.9 Å². The minimum atomic E-state index is 1.03. The van der Waals surface area contributed by atoms with Crippen LogP contribution in [0.25, 0.3) is 42.6 Å². The van der Waals surface area contributed by atoms with Crippen molar-refractivity contribution in [1.29, 1.82) is 0 Å². The third kappa shape index (κ3) is 2.43. The van der Waals surface area contributed by atoms with Gasteiger partial charge in [-0.15, -0.1) is 11.3 Å². The first-order valence-electron chi connectivity index (χ1n) is 8.32. The number of thiophene rings is 1. The molecule has 0 aliphatic carbocycles. The van der Waals surface area contributed by atoms with Crippen LogP contribution in [0.2, 0.25) is 0 Å². The lowest BCUT2D eigenvalue weighted by Crippen LogP contribution is -1.81. The predicted octanol–water partition coefficient (Wildman–Crippen LogP) is 6.78. The first-order chi connectivity index (χ1) is 12.4. The number of hydrogen-bond donors (Lipinski definition) is 0. The van der Waals surface area contributed by atoms with Crippen molar-refractivity contribution in [3.05, 3.63) is 91.1 Å². The van der Waals surface area contributed by atoms with Crippen LogP contribution in [0.1, 0.15) is 0 Å². The van der Waals surface area contributed by atoms with Gasteiger partial charge in [0, 0.05) is 31.9 Å². The molecule has 118 valence electrons. The lowest BCUT2D eigenvalue weighted by Gasteiger charge is -2.02. The quantitative estimate of drug-likeness (QED) is 0.346. The number of benzene rings is 3. The average molecular weight is 337 g/mol. The Morgan fingerprint density at radius 2 is 1.36 bits per heavy atom. The Labute approximate surface area is 150 Å². The highest BCUT2D eigenvalue weighted by Crippen LogP contribution is 2.40. The zero-order chi connectivity index (χ0) is 16.6. The largest absolute Gasteiger partial charge is 0.256 e. The first-order valence-corrected chi connectivity index (χ1v) is 9.14. The fourth-order valence-corrected chi connectivity index (χ4v) is 4.55. The molecule has 0 aliphatic rings. The number of pyridine rings is 1. The zero-order valence-electron chi connectivity index (χ0n) is 13.5. The molecular weight excluding hydrogens is 322 g/mol. The van der Waals surface area contributed by atoms with Crippen molar-refractivity contribution < 1.29 is 0 Å². The molecule has 3 aromatic carbocycles. The number of fused-ring (bicyclic) bond motifs is 3. The van der Waals surface area contributed by atoms with E-state index in [0.717, 1.165) is 11.3 Å². The minimum Gasteiger partial charge on any atom is -0.256 e. The normalized spacial score (nSPS) is 11.2. The SMILES string of the molecule is c1ccc(-c2cc3sc4c(-c5ccccc5)cccc4c3cn2)cc1. The molecule has 2 heteroatoms. The van der Waals surface area contributed by atoms with Crippen LogP contribution in [0.3, 0.4) is 0 Å². The van der Waals surface area contributed by atoms with Crippen LogP contribution in [0, 0.1) is 0 Å². The third-order valence-electron chi connectivity index (χ3n) is 4.54. The van der Waals surface area contributed by atoms with E-state index in [9.17, 15) is 0 Å². The Morgan fingerprint density at radius 1 is 0.640 bits per heavy atom. The van der Waals surface area contributed by atoms with Crippen molar-refractivity contribution in [1.82, 2.24) is 4.98 Å². The van der Waals surface area contributed by atoms with Crippen molar-refractivity contribution in [2.24, 2.45) is 0 Å². The van der Waals surface area contributed by atoms with Crippen LogP contribution in [-0.2, 0) is 0 Å². The minimum absolute atomic E-state index is 1.03. The van der Waals surface area contributed by atoms with Crippen molar-refractivity contribution in [2.75, 3.05) is 0 Å². The summed E-state index contributed by atoms with van der Waals surface area (Å²) in [5, 5.41) is 2.52. The molecule has 1 nitrogen and oxygen atoms in total. The summed E-state index contributed by atoms with van der Waals surface area (Å²) in [5.74, 6) is 0. The maximum absolute atomic E-state index is 4.71. The molecular formula is C23H15NS. The van der Waals surface area contributed by atoms with Gasteiger partial charge in [-0.25, -0.2) is 0 Å². The maximum Gasteiger partial charge on any atom is 0.0716 e. The summed E-state index contributed by atoms with van der Waals surface area (Å²) in [6.07, 6.45) is 2.02. The predicted molar refractivity (Wildman–Crippen MR) is 108 cm³/mol. The van der Waals surface area contributed by atoms with Crippen LogP contribution in [0.15, 0.2) is 91.1 Å². The molecule has 2 heterocycles. The van der Waals surface area contributed by atoms with Crippen LogP contribution in [0.5, 0.6) is 0 Å². The zero-order valence-corrected chi connectivity index (χ0v) is 14.3. The number of hydrogen-bond acceptors (Lipinski definition) is 2. The molecule has 0 aliphatic heterocycles. The lowest BCUT2D eigenvalue weighted by atomic mass is 10.0. The lowest BCUT2D eigenvalue weighted by molar-refractivity contribution is 1.36. The molecule has 0 atom stereocenters. The third-order valence-corrected chi connectivity index (χ3v) is 5.74. The molecule has 0 bridgehead atoms. The van der Waals surface area contributed by atoms with Crippen LogP contribution in [-0.4, -0.2) is 4.98 Å². The molecule has 25 heavy (non-hydrogen) atoms. The van der Waals surface area contributed by atoms with E-state index in [0.29, 0.717) is 0 Å². The van der Waals surface area contributed by atoms with E-state index in [1.807, 2.05) is 23.6 Å². The highest BCUT2D eigenvalue weighted by atomic mass is 32.1. The summed E-state index contributed by atoms with van der Waals surface area (Å²) >= 11 is 1.85. The standard InChI is InChI=1S/C23H15NS/c1-3-8-16(9-4-1)18-12-7-13-19-20-15-24-21(14-22(20)25-23(18)19)17-10-5-2-6-11-17/h1-15H. The van der Waals surface area contributed by atoms with Gasteiger partial charge in [0.15, 0.2) is 0 Å². The molecule has 5 aromatic rings. The van der Waals surface area contributed by atoms with Crippen LogP contribution in [0.4, 0.5) is 0 Å². The number of nitrogens with zero attached hydrogens (tertiary/aromatic N) is 1. The van der Waals surface area contributed by atoms with E-state index in [4.69, 9.17) is 4.98 Å². The van der Waals surface area contributed by atoms with E-state index in [1.165, 1.54) is 31.3 Å². The average Bonchev–Trinajstić information content (AvgIpc) is 3.07. The van der Waals surface area contributed by atoms with E-state index in [1.54, 1.807) is 0 Å². The Morgan fingerprint density at radius 3 is 2.12 bits per heavy atom. The molecule has 0 saturated heterocycles. The fourth-order valence-electron chi connectivity index (χ4n) is 3.30. The Kier molecular flexibility index (Phi) is 3.36. The summed E-state index contributed by atoms with van der Waals surface area (Å²) < 4.78 is 2.61. The Hall–Kier alpha value is -2.97. The molecule has 0 fully saturated rings. The van der Waals surface area contributed by atoms with Gasteiger partial charge in [-0.3, -0.25) is 4.98 Å². The summed E-state index contributed by atoms with van der Waals surface area (Å²) in [5.41, 5.74) is 4.74. The van der Waals surface area contributed by atoms with Crippen molar-refractivity contribution in [3.63, 3.8) is 0 Å². The van der Waals surface area contributed by atoms with E-state index < -0.39 is 0 Å². The van der Waals surface area contributed by atoms with Crippen molar-refractivity contribution >= 4 is 31.5 Å². The highest BCUT2D eigenvalue weighted by molar-refractivity contribution is 7.26. The summed E-state index contributed by atoms with van der Waals surface area (Å²) in [6.45, 7) is 0. The van der Waals surface area contributed by atoms with Gasteiger partial charge in [0.2, 0.25) is 0 Å². The van der Waals surface area contributed by atoms with Crippen LogP contribution < -0.4 is 0 Å². The molecule has 2 aromatic heterocycles. The number of rotatable bonds is 2. The molecule has 0 amide bonds. The molecule has 0 N–H and O–H groups in total. The second-order valence-corrected chi connectivity index (χ2v) is 7.13. The van der Waals surface area contributed by atoms with Gasteiger partial charge >= 0.3 is 0 Å². The van der Waals surface area contributed by atoms with Crippen molar-refractivity contribution in [2.45, 2.75) is 0 Å². The molecule has 5 rings (SSSR count). The van der Waals surface area contributed by atoms with Gasteiger partial charge in [-0.2, -0.15) is 0 Å². The van der Waals surface area contributed by atoms with Gasteiger partial charge in [-0.05, 0) is 17.2 Å². The molecule has 0 unspecified atom stereocenters. The fraction of sp³-hybridized carbons (Fsp3) is 0. The molecule has 0 spiro atoms. The van der Waals surface area contributed by atoms with Gasteiger partial charge in [0.25, 0.3) is 0 Å². The van der Waals surface area contributed by atoms with E-state index in [-0.39, 0.29) is 0 Å². The monoisotopic (exact) mass is 337 g/mol. The molecule has 0 saturated carbocycles. The first kappa shape index (κ1) is 14.4. The summed E-state index contributed by atoms with van der Waals surface area (Å²) in [6, 6.07) is 29.7. The van der Waals surface area contributed by atoms with Gasteiger partial charge in [0.1, 0.15) is 0 Å². The Balaban J connectivity index is 1.76. The summed E-state index contributed by atoms with van der Waals surface area (Å²) in [7, 11) is 0. The smallest absolute Gasteiger partial charge is 0.0716 e. The second-order valence-electron chi connectivity index (χ2n) is 6.08. The topological polar surface area (TPSA) is 12.9 Å². The van der Waals surface area contributed by atoms with Gasteiger partial charge in [-0.1, -0.05) is 78.9 Å². The van der Waals surface area contributed by atoms with Crippen molar-refractivity contribution in [3.8, 4) is 22.4 Å². The summed E-state index contributed by atoms with van der Waals surface area (Å²) in [4.78, 5) is 4.71. The second kappa shape index (κ2) is 5.83. The van der Waals surface area contributed by atoms with Crippen LogP contribution >= 0.6 is 11.3 Å². The molecule has 0 radical (unpaired) electrons. The Bertz CT molecular complexity index is 1170.